The molecule has 0 unspecified atom stereocenters. The quantitative estimate of drug-likeness (QED) is 0.197. The number of anilines is 1. The highest BCUT2D eigenvalue weighted by molar-refractivity contribution is 5.91. The maximum absolute atomic E-state index is 13.8. The zero-order valence-corrected chi connectivity index (χ0v) is 36.5. The van der Waals surface area contributed by atoms with E-state index in [-0.39, 0.29) is 43.7 Å². The molecule has 5 heterocycles. The molecular weight excluding hydrogens is 779 g/mol. The summed E-state index contributed by atoms with van der Waals surface area (Å²) < 4.78 is 18.2. The number of carbonyl (C=O) groups excluding carboxylic acids is 4. The van der Waals surface area contributed by atoms with E-state index in [0.717, 1.165) is 80.5 Å². The second kappa shape index (κ2) is 21.8. The third kappa shape index (κ3) is 12.4. The molecular formula is C46H69N7O8. The average Bonchev–Trinajstić information content (AvgIpc) is 3.41. The Morgan fingerprint density at radius 1 is 0.902 bits per heavy atom. The first-order valence-electron chi connectivity index (χ1n) is 21.8. The number of benzene rings is 2. The van der Waals surface area contributed by atoms with Crippen LogP contribution in [0.15, 0.2) is 45.6 Å². The number of fused-ring (bicyclic) bond motifs is 2. The fraction of sp³-hybridized carbons (Fsp3) is 0.630. The van der Waals surface area contributed by atoms with E-state index in [2.05, 4.69) is 29.1 Å². The van der Waals surface area contributed by atoms with Crippen LogP contribution in [0.4, 0.5) is 15.3 Å². The summed E-state index contributed by atoms with van der Waals surface area (Å²) in [6, 6.07) is 11.4. The number of urea groups is 1. The highest BCUT2D eigenvalue weighted by Crippen LogP contribution is 2.27. The maximum Gasteiger partial charge on any atom is 0.419 e. The topological polar surface area (TPSA) is 150 Å². The number of oxazole rings is 1. The van der Waals surface area contributed by atoms with Crippen LogP contribution in [0.3, 0.4) is 0 Å². The molecule has 15 heteroatoms. The van der Waals surface area contributed by atoms with Crippen molar-refractivity contribution in [2.75, 3.05) is 85.4 Å². The minimum Gasteiger partial charge on any atom is -0.465 e. The van der Waals surface area contributed by atoms with Crippen LogP contribution in [0.2, 0.25) is 0 Å². The molecule has 3 fully saturated rings. The van der Waals surface area contributed by atoms with Crippen molar-refractivity contribution in [2.24, 2.45) is 18.9 Å². The Kier molecular flexibility index (Phi) is 16.8. The lowest BCUT2D eigenvalue weighted by atomic mass is 9.97. The van der Waals surface area contributed by atoms with Crippen molar-refractivity contribution in [3.63, 3.8) is 0 Å². The van der Waals surface area contributed by atoms with Gasteiger partial charge in [0.15, 0.2) is 11.7 Å². The lowest BCUT2D eigenvalue weighted by molar-refractivity contribution is -0.150. The monoisotopic (exact) mass is 848 g/mol. The van der Waals surface area contributed by atoms with Crippen molar-refractivity contribution >= 4 is 40.8 Å². The highest BCUT2D eigenvalue weighted by atomic mass is 16.6. The third-order valence-electron chi connectivity index (χ3n) is 12.5. The average molecular weight is 848 g/mol. The van der Waals surface area contributed by atoms with Gasteiger partial charge in [0.25, 0.3) is 5.91 Å². The van der Waals surface area contributed by atoms with Gasteiger partial charge in [0, 0.05) is 64.5 Å². The molecule has 3 aromatic rings. The molecule has 0 radical (unpaired) electrons. The zero-order chi connectivity index (χ0) is 42.9. The summed E-state index contributed by atoms with van der Waals surface area (Å²) in [6.45, 7) is 10.4. The molecule has 0 aliphatic carbocycles. The van der Waals surface area contributed by atoms with Crippen LogP contribution in [0.25, 0.3) is 11.1 Å². The van der Waals surface area contributed by atoms with Crippen LogP contribution in [-0.2, 0) is 39.0 Å². The van der Waals surface area contributed by atoms with Crippen LogP contribution in [0.1, 0.15) is 76.0 Å². The summed E-state index contributed by atoms with van der Waals surface area (Å²) in [5.41, 5.74) is 4.72. The normalized spacial score (nSPS) is 18.7. The molecule has 7 rings (SSSR count). The van der Waals surface area contributed by atoms with Gasteiger partial charge in [-0.2, -0.15) is 0 Å². The van der Waals surface area contributed by atoms with E-state index in [9.17, 15) is 24.0 Å². The number of aromatic nitrogens is 1. The highest BCUT2D eigenvalue weighted by Gasteiger charge is 2.35. The van der Waals surface area contributed by atoms with E-state index >= 15 is 0 Å². The number of likely N-dealkylation sites (tertiary alicyclic amines) is 3. The number of hydrogen-bond donors (Lipinski definition) is 1. The van der Waals surface area contributed by atoms with Gasteiger partial charge < -0.3 is 43.7 Å². The molecule has 0 spiro atoms. The van der Waals surface area contributed by atoms with E-state index in [1.807, 2.05) is 56.3 Å². The summed E-state index contributed by atoms with van der Waals surface area (Å²) in [6.07, 6.45) is 5.32. The number of para-hydroxylation sites is 1. The minimum absolute atomic E-state index is 0. The van der Waals surface area contributed by atoms with Crippen LogP contribution >= 0.6 is 0 Å². The molecule has 0 bridgehead atoms. The lowest BCUT2D eigenvalue weighted by Crippen LogP contribution is -2.51. The molecule has 3 saturated heterocycles. The second-order valence-electron chi connectivity index (χ2n) is 17.4. The number of esters is 1. The van der Waals surface area contributed by atoms with Gasteiger partial charge in [-0.3, -0.25) is 14.2 Å². The largest absolute Gasteiger partial charge is 0.465 e. The first-order chi connectivity index (χ1) is 28.8. The Morgan fingerprint density at radius 2 is 1.57 bits per heavy atom. The van der Waals surface area contributed by atoms with Gasteiger partial charge in [-0.05, 0) is 127 Å². The number of ether oxygens (including phenoxy) is 2. The SMILES string of the molecule is C.CN(C)CCCOC(=O)C1CCN(C)CC1.Cc1cc(C[C@@H](OC(=O)N2CCC(N3CCc4ccccc4NC3=O)CC2)C(=O)N2CCC(C)CC2)cc2oc(=O)n(C)c12. The summed E-state index contributed by atoms with van der Waals surface area (Å²) in [5, 5.41) is 3.03. The van der Waals surface area contributed by atoms with E-state index in [1.165, 1.54) is 4.57 Å². The Hall–Kier alpha value is -4.89. The van der Waals surface area contributed by atoms with Crippen molar-refractivity contribution in [1.29, 1.82) is 0 Å². The molecule has 0 saturated carbocycles. The van der Waals surface area contributed by atoms with Gasteiger partial charge in [-0.25, -0.2) is 14.4 Å². The number of nitrogens with one attached hydrogen (secondary N) is 1. The predicted molar refractivity (Wildman–Crippen MR) is 237 cm³/mol. The summed E-state index contributed by atoms with van der Waals surface area (Å²) in [7, 11) is 7.81. The minimum atomic E-state index is -1.00. The van der Waals surface area contributed by atoms with Crippen molar-refractivity contribution in [3.8, 4) is 0 Å². The van der Waals surface area contributed by atoms with E-state index in [0.29, 0.717) is 69.2 Å². The van der Waals surface area contributed by atoms with Crippen molar-refractivity contribution < 1.29 is 33.1 Å². The van der Waals surface area contributed by atoms with E-state index in [1.54, 1.807) is 22.9 Å². The molecule has 4 amide bonds. The fourth-order valence-electron chi connectivity index (χ4n) is 8.73. The van der Waals surface area contributed by atoms with Crippen molar-refractivity contribution in [1.82, 2.24) is 29.1 Å². The van der Waals surface area contributed by atoms with Crippen LogP contribution < -0.4 is 11.1 Å². The molecule has 2 aromatic carbocycles. The van der Waals surface area contributed by atoms with Gasteiger partial charge in [0.05, 0.1) is 18.0 Å². The van der Waals surface area contributed by atoms with Crippen LogP contribution in [0, 0.1) is 18.8 Å². The molecule has 1 aromatic heterocycles. The Bertz CT molecular complexity index is 2010. The van der Waals surface area contributed by atoms with Crippen LogP contribution in [-0.4, -0.2) is 145 Å². The van der Waals surface area contributed by atoms with E-state index in [4.69, 9.17) is 13.9 Å². The number of aryl methyl sites for hydroxylation is 2. The van der Waals surface area contributed by atoms with Gasteiger partial charge in [0.2, 0.25) is 0 Å². The molecule has 1 atom stereocenters. The molecule has 1 N–H and O–H groups in total. The number of rotatable bonds is 10. The number of hydrogen-bond acceptors (Lipinski definition) is 10. The summed E-state index contributed by atoms with van der Waals surface area (Å²) in [5.74, 6) is 0.0378. The predicted octanol–water partition coefficient (Wildman–Crippen LogP) is 5.76. The lowest BCUT2D eigenvalue weighted by Gasteiger charge is -2.38. The van der Waals surface area contributed by atoms with Crippen molar-refractivity contribution in [3.05, 3.63) is 63.6 Å². The molecule has 61 heavy (non-hydrogen) atoms. The van der Waals surface area contributed by atoms with Gasteiger partial charge in [-0.1, -0.05) is 38.6 Å². The number of piperidine rings is 3. The van der Waals surface area contributed by atoms with Gasteiger partial charge >= 0.3 is 23.8 Å². The second-order valence-corrected chi connectivity index (χ2v) is 17.4. The summed E-state index contributed by atoms with van der Waals surface area (Å²) >= 11 is 0. The standard InChI is InChI=1S/C33H41N5O6.C12H24N2O2.CH4/c1-21-8-13-36(14-9-21)30(39)28(20-23-18-22(2)29-27(19-23)43-32(41)35(29)3)44-33(42)37-15-11-25(12-16-37)38-17-10-24-6-4-5-7-26(24)34-31(38)40;1-13(2)7-4-10-16-12(15)11-5-8-14(3)9-6-11;/h4-7,18-19,21,25,28H,8-17,20H2,1-3H3,(H,34,40);11H,4-10H2,1-3H3;1H4/t28-;;/m1../s1. The number of amides is 4. The molecule has 4 aliphatic rings. The Morgan fingerprint density at radius 3 is 2.26 bits per heavy atom. The Labute approximate surface area is 361 Å². The van der Waals surface area contributed by atoms with Gasteiger partial charge in [0.1, 0.15) is 0 Å². The zero-order valence-electron chi connectivity index (χ0n) is 36.5. The number of nitrogens with zero attached hydrogens (tertiary/aromatic N) is 6. The van der Waals surface area contributed by atoms with E-state index < -0.39 is 18.0 Å². The first kappa shape index (κ1) is 47.2. The number of carbonyl (C=O) groups is 4. The smallest absolute Gasteiger partial charge is 0.419 e. The molecule has 4 aliphatic heterocycles. The summed E-state index contributed by atoms with van der Waals surface area (Å²) in [4.78, 5) is 73.8. The van der Waals surface area contributed by atoms with Crippen LogP contribution in [0.5, 0.6) is 0 Å². The Balaban J connectivity index is 0.000000351. The third-order valence-corrected chi connectivity index (χ3v) is 12.5. The maximum atomic E-state index is 13.8. The molecule has 15 nitrogen and oxygen atoms in total. The molecule has 336 valence electrons. The van der Waals surface area contributed by atoms with Crippen molar-refractivity contribution in [2.45, 2.75) is 91.2 Å². The fourth-order valence-corrected chi connectivity index (χ4v) is 8.73. The first-order valence-corrected chi connectivity index (χ1v) is 21.8. The van der Waals surface area contributed by atoms with Gasteiger partial charge in [-0.15, -0.1) is 0 Å².